The number of aliphatic hydroxyl groups is 1. The van der Waals surface area contributed by atoms with E-state index in [0.717, 1.165) is 5.56 Å². The molecule has 6 nitrogen and oxygen atoms in total. The molecule has 0 radical (unpaired) electrons. The lowest BCUT2D eigenvalue weighted by molar-refractivity contribution is -0.146. The van der Waals surface area contributed by atoms with Gasteiger partial charge in [-0.25, -0.2) is 4.79 Å². The second-order valence-electron chi connectivity index (χ2n) is 4.94. The average molecular weight is 305 g/mol. The summed E-state index contributed by atoms with van der Waals surface area (Å²) in [5, 5.41) is 9.76. The summed E-state index contributed by atoms with van der Waals surface area (Å²) in [6.45, 7) is 2.50. The number of ether oxygens (including phenoxy) is 2. The molecule has 0 saturated carbocycles. The smallest absolute Gasteiger partial charge is 0.338 e. The zero-order valence-corrected chi connectivity index (χ0v) is 12.4. The highest BCUT2D eigenvalue weighted by molar-refractivity contribution is 5.90. The van der Waals surface area contributed by atoms with Gasteiger partial charge in [-0.3, -0.25) is 9.69 Å². The molecule has 0 aliphatic carbocycles. The molecule has 0 amide bonds. The lowest BCUT2D eigenvalue weighted by Crippen LogP contribution is -2.30. The van der Waals surface area contributed by atoms with E-state index in [1.807, 2.05) is 30.3 Å². The van der Waals surface area contributed by atoms with E-state index < -0.39 is 11.9 Å². The summed E-state index contributed by atoms with van der Waals surface area (Å²) < 4.78 is 10.0. The molecule has 1 N–H and O–H groups in total. The summed E-state index contributed by atoms with van der Waals surface area (Å²) >= 11 is 0. The third-order valence-electron chi connectivity index (χ3n) is 3.22. The van der Waals surface area contributed by atoms with Crippen molar-refractivity contribution in [3.05, 3.63) is 47.2 Å². The molecule has 0 aromatic heterocycles. The highest BCUT2D eigenvalue weighted by Gasteiger charge is 2.29. The minimum atomic E-state index is -0.542. The van der Waals surface area contributed by atoms with Crippen molar-refractivity contribution in [3.63, 3.8) is 0 Å². The van der Waals surface area contributed by atoms with Crippen LogP contribution in [0.4, 0.5) is 0 Å². The van der Waals surface area contributed by atoms with Crippen LogP contribution in [-0.4, -0.2) is 48.2 Å². The molecule has 1 heterocycles. The van der Waals surface area contributed by atoms with Gasteiger partial charge in [-0.05, 0) is 12.5 Å². The fraction of sp³-hybridized carbons (Fsp3) is 0.375. The average Bonchev–Trinajstić information content (AvgIpc) is 2.87. The SMILES string of the molecule is CCOC(=O)C1=C(O)CN(CC(=O)OCc2ccccc2)C1. The van der Waals surface area contributed by atoms with Crippen LogP contribution in [0.5, 0.6) is 0 Å². The van der Waals surface area contributed by atoms with E-state index >= 15 is 0 Å². The van der Waals surface area contributed by atoms with Gasteiger partial charge in [0.15, 0.2) is 0 Å². The van der Waals surface area contributed by atoms with Crippen LogP contribution in [-0.2, 0) is 25.7 Å². The zero-order valence-electron chi connectivity index (χ0n) is 12.4. The van der Waals surface area contributed by atoms with Gasteiger partial charge >= 0.3 is 11.9 Å². The van der Waals surface area contributed by atoms with E-state index in [4.69, 9.17) is 9.47 Å². The summed E-state index contributed by atoms with van der Waals surface area (Å²) in [7, 11) is 0. The Balaban J connectivity index is 1.78. The van der Waals surface area contributed by atoms with E-state index in [0.29, 0.717) is 0 Å². The Morgan fingerprint density at radius 2 is 1.91 bits per heavy atom. The molecule has 0 fully saturated rings. The third kappa shape index (κ3) is 4.33. The Morgan fingerprint density at radius 1 is 1.18 bits per heavy atom. The molecular formula is C16H19NO5. The van der Waals surface area contributed by atoms with Crippen molar-refractivity contribution in [3.8, 4) is 0 Å². The van der Waals surface area contributed by atoms with E-state index in [-0.39, 0.29) is 44.2 Å². The number of esters is 2. The molecule has 0 bridgehead atoms. The van der Waals surface area contributed by atoms with Crippen LogP contribution in [0.25, 0.3) is 0 Å². The number of carbonyl (C=O) groups excluding carboxylic acids is 2. The number of hydrogen-bond donors (Lipinski definition) is 1. The highest BCUT2D eigenvalue weighted by Crippen LogP contribution is 2.16. The van der Waals surface area contributed by atoms with Crippen LogP contribution in [0.3, 0.4) is 0 Å². The molecule has 1 aromatic rings. The Bertz CT molecular complexity index is 567. The first kappa shape index (κ1) is 16.0. The molecule has 0 unspecified atom stereocenters. The quantitative estimate of drug-likeness (QED) is 0.801. The van der Waals surface area contributed by atoms with Gasteiger partial charge in [0, 0.05) is 6.54 Å². The summed E-state index contributed by atoms with van der Waals surface area (Å²) in [5.41, 5.74) is 1.11. The molecule has 0 atom stereocenters. The first-order valence-electron chi connectivity index (χ1n) is 7.10. The molecule has 1 aliphatic heterocycles. The minimum Gasteiger partial charge on any atom is -0.510 e. The van der Waals surface area contributed by atoms with E-state index in [1.165, 1.54) is 0 Å². The van der Waals surface area contributed by atoms with E-state index in [1.54, 1.807) is 11.8 Å². The fourth-order valence-electron chi connectivity index (χ4n) is 2.16. The largest absolute Gasteiger partial charge is 0.510 e. The second-order valence-corrected chi connectivity index (χ2v) is 4.94. The van der Waals surface area contributed by atoms with Gasteiger partial charge in [-0.2, -0.15) is 0 Å². The van der Waals surface area contributed by atoms with Gasteiger partial charge < -0.3 is 14.6 Å². The van der Waals surface area contributed by atoms with Crippen molar-refractivity contribution in [1.29, 1.82) is 0 Å². The summed E-state index contributed by atoms with van der Waals surface area (Å²) in [6.07, 6.45) is 0. The highest BCUT2D eigenvalue weighted by atomic mass is 16.5. The molecule has 1 aromatic carbocycles. The summed E-state index contributed by atoms with van der Waals surface area (Å²) in [5.74, 6) is -0.990. The number of nitrogens with zero attached hydrogens (tertiary/aromatic N) is 1. The van der Waals surface area contributed by atoms with Crippen molar-refractivity contribution in [1.82, 2.24) is 4.90 Å². The van der Waals surface area contributed by atoms with Crippen LogP contribution in [0.15, 0.2) is 41.7 Å². The van der Waals surface area contributed by atoms with E-state index in [9.17, 15) is 14.7 Å². The lowest BCUT2D eigenvalue weighted by atomic mass is 10.2. The van der Waals surface area contributed by atoms with Crippen LogP contribution in [0.2, 0.25) is 0 Å². The number of aliphatic hydroxyl groups excluding tert-OH is 1. The predicted molar refractivity (Wildman–Crippen MR) is 79.0 cm³/mol. The number of carbonyl (C=O) groups is 2. The standard InChI is InChI=1S/C16H19NO5/c1-2-21-16(20)13-8-17(9-14(13)18)10-15(19)22-11-12-6-4-3-5-7-12/h3-7,18H,2,8-11H2,1H3. The van der Waals surface area contributed by atoms with Crippen molar-refractivity contribution in [2.75, 3.05) is 26.2 Å². The molecule has 0 saturated heterocycles. The van der Waals surface area contributed by atoms with Crippen LogP contribution >= 0.6 is 0 Å². The van der Waals surface area contributed by atoms with Crippen LogP contribution in [0.1, 0.15) is 12.5 Å². The van der Waals surface area contributed by atoms with Crippen molar-refractivity contribution in [2.24, 2.45) is 0 Å². The maximum absolute atomic E-state index is 11.8. The third-order valence-corrected chi connectivity index (χ3v) is 3.22. The Kier molecular flexibility index (Phi) is 5.55. The maximum atomic E-state index is 11.8. The van der Waals surface area contributed by atoms with Crippen molar-refractivity contribution >= 4 is 11.9 Å². The Labute approximate surface area is 128 Å². The second kappa shape index (κ2) is 7.61. The van der Waals surface area contributed by atoms with Crippen LogP contribution in [0, 0.1) is 0 Å². The maximum Gasteiger partial charge on any atom is 0.338 e. The molecular weight excluding hydrogens is 286 g/mol. The first-order valence-corrected chi connectivity index (χ1v) is 7.10. The molecule has 118 valence electrons. The molecule has 1 aliphatic rings. The van der Waals surface area contributed by atoms with Gasteiger partial charge in [0.05, 0.1) is 25.3 Å². The molecule has 2 rings (SSSR count). The fourth-order valence-corrected chi connectivity index (χ4v) is 2.16. The Morgan fingerprint density at radius 3 is 2.59 bits per heavy atom. The van der Waals surface area contributed by atoms with E-state index in [2.05, 4.69) is 0 Å². The predicted octanol–water partition coefficient (Wildman–Crippen LogP) is 1.42. The van der Waals surface area contributed by atoms with Crippen molar-refractivity contribution in [2.45, 2.75) is 13.5 Å². The molecule has 0 spiro atoms. The van der Waals surface area contributed by atoms with Gasteiger partial charge in [0.25, 0.3) is 0 Å². The first-order chi connectivity index (χ1) is 10.6. The monoisotopic (exact) mass is 305 g/mol. The van der Waals surface area contributed by atoms with Gasteiger partial charge in [-0.1, -0.05) is 30.3 Å². The minimum absolute atomic E-state index is 0.0137. The Hall–Kier alpha value is -2.34. The summed E-state index contributed by atoms with van der Waals surface area (Å²) in [4.78, 5) is 25.0. The van der Waals surface area contributed by atoms with Gasteiger partial charge in [0.2, 0.25) is 0 Å². The number of rotatable bonds is 6. The topological polar surface area (TPSA) is 76.1 Å². The summed E-state index contributed by atoms with van der Waals surface area (Å²) in [6, 6.07) is 9.38. The van der Waals surface area contributed by atoms with Crippen molar-refractivity contribution < 1.29 is 24.2 Å². The zero-order chi connectivity index (χ0) is 15.9. The number of hydrogen-bond acceptors (Lipinski definition) is 6. The van der Waals surface area contributed by atoms with Gasteiger partial charge in [-0.15, -0.1) is 0 Å². The van der Waals surface area contributed by atoms with Gasteiger partial charge in [0.1, 0.15) is 12.4 Å². The number of benzene rings is 1. The molecule has 22 heavy (non-hydrogen) atoms. The van der Waals surface area contributed by atoms with Crippen LogP contribution < -0.4 is 0 Å². The lowest BCUT2D eigenvalue weighted by Gasteiger charge is -2.14. The normalized spacial score (nSPS) is 15.0. The molecule has 6 heteroatoms.